The maximum atomic E-state index is 14.1. The van der Waals surface area contributed by atoms with Crippen LogP contribution in [0, 0.1) is 24.7 Å². The molecule has 4 aliphatic rings. The Labute approximate surface area is 542 Å². The van der Waals surface area contributed by atoms with Crippen LogP contribution in [-0.2, 0) is 43.9 Å². The largest absolute Gasteiger partial charge is 0.437 e. The minimum atomic E-state index is -2.80. The zero-order valence-electron chi connectivity index (χ0n) is 57.8. The van der Waals surface area contributed by atoms with Crippen LogP contribution in [0.1, 0.15) is 107 Å². The fraction of sp³-hybridized carbons (Fsp3) is 0.661. The highest BCUT2D eigenvalue weighted by Gasteiger charge is 2.47. The van der Waals surface area contributed by atoms with Gasteiger partial charge in [-0.1, -0.05) is 38.3 Å². The number of carbonyl (C=O) groups is 8. The van der Waals surface area contributed by atoms with Gasteiger partial charge in [-0.25, -0.2) is 0 Å². The van der Waals surface area contributed by atoms with E-state index in [4.69, 9.17) is 24.7 Å². The van der Waals surface area contributed by atoms with Crippen LogP contribution in [0.2, 0.25) is 154 Å². The van der Waals surface area contributed by atoms with Crippen molar-refractivity contribution in [2.24, 2.45) is 17.8 Å². The molecular weight excluding hydrogens is 1280 g/mol. The van der Waals surface area contributed by atoms with Crippen molar-refractivity contribution in [1.29, 1.82) is 0 Å². The molecule has 0 N–H and O–H groups in total. The fourth-order valence-corrected chi connectivity index (χ4v) is 55.3. The van der Waals surface area contributed by atoms with E-state index in [1.165, 1.54) is 19.6 Å². The van der Waals surface area contributed by atoms with Gasteiger partial charge in [0.15, 0.2) is 49.9 Å². The Kier molecular flexibility index (Phi) is 23.8. The first kappa shape index (κ1) is 74.7. The van der Waals surface area contributed by atoms with Crippen molar-refractivity contribution in [3.63, 3.8) is 0 Å². The Bertz CT molecular complexity index is 3020. The number of likely N-dealkylation sites (tertiary alicyclic amines) is 2. The highest BCUT2D eigenvalue weighted by atomic mass is 28.5. The quantitative estimate of drug-likeness (QED) is 0.0363. The predicted molar refractivity (Wildman–Crippen MR) is 373 cm³/mol. The molecule has 0 saturated carbocycles. The minimum Gasteiger partial charge on any atom is -0.437 e. The van der Waals surface area contributed by atoms with E-state index in [2.05, 4.69) is 119 Å². The lowest BCUT2D eigenvalue weighted by molar-refractivity contribution is -0.142. The second-order valence-corrected chi connectivity index (χ2v) is 68.4. The van der Waals surface area contributed by atoms with Gasteiger partial charge >= 0.3 is 25.7 Å². The van der Waals surface area contributed by atoms with Gasteiger partial charge in [0.2, 0.25) is 23.6 Å². The van der Waals surface area contributed by atoms with Crippen molar-refractivity contribution in [3.8, 4) is 11.1 Å². The normalized spacial score (nSPS) is 19.0. The summed E-state index contributed by atoms with van der Waals surface area (Å²) >= 11 is 0. The molecule has 3 unspecified atom stereocenters. The van der Waals surface area contributed by atoms with Crippen LogP contribution in [0.3, 0.4) is 0 Å². The van der Waals surface area contributed by atoms with Crippen molar-refractivity contribution in [2.75, 3.05) is 19.6 Å². The van der Waals surface area contributed by atoms with Crippen LogP contribution in [-0.4, -0.2) is 168 Å². The summed E-state index contributed by atoms with van der Waals surface area (Å²) in [6, 6.07) is 14.5. The second-order valence-electron chi connectivity index (χ2n) is 31.0. The summed E-state index contributed by atoms with van der Waals surface area (Å²) in [5, 5.41) is 0. The Balaban J connectivity index is 0.943. The maximum Gasteiger partial charge on any atom is 0.311 e. The lowest BCUT2D eigenvalue weighted by atomic mass is 9.97. The average Bonchev–Trinajstić information content (AvgIpc) is 1.68. The van der Waals surface area contributed by atoms with E-state index in [-0.39, 0.29) is 84.3 Å². The number of benzene rings is 2. The third-order valence-electron chi connectivity index (χ3n) is 17.3. The Hall–Kier alpha value is -3.29. The van der Waals surface area contributed by atoms with Gasteiger partial charge in [0.1, 0.15) is 0 Å². The number of fused-ring (bicyclic) bond motifs is 2. The molecular formula is C62H107N4O14Si9-. The molecule has 0 aromatic heterocycles. The van der Waals surface area contributed by atoms with Gasteiger partial charge in [-0.15, -0.1) is 0 Å². The summed E-state index contributed by atoms with van der Waals surface area (Å²) < 4.78 is 41.0. The van der Waals surface area contributed by atoms with E-state index < -0.39 is 81.5 Å². The predicted octanol–water partition coefficient (Wildman–Crippen LogP) is 13.6. The molecule has 18 nitrogen and oxygen atoms in total. The highest BCUT2D eigenvalue weighted by Crippen LogP contribution is 2.37. The molecule has 0 spiro atoms. The molecule has 3 atom stereocenters. The first-order valence-corrected chi connectivity index (χ1v) is 59.5. The molecule has 2 aromatic rings. The summed E-state index contributed by atoms with van der Waals surface area (Å²) in [7, 11) is -21.6. The number of hydrogen-bond donors (Lipinski definition) is 0. The molecule has 2 saturated heterocycles. The van der Waals surface area contributed by atoms with E-state index >= 15 is 0 Å². The van der Waals surface area contributed by atoms with E-state index in [1.807, 2.05) is 26.9 Å². The standard InChI is InChI=1S/C62H107N4O14Si9/c1-45(2)31-37-83(9,10)77-88(19,20)79-85(13,14)39-33-64-59(71)51-29-27-47(41-53(51)61(64)73)48-28-30-52-54(42-48)62(74)65(60(52)72)34-40-86(15,16)80-89(21,22)78-84(11,12)38-32-63-55(67)43-49(57(63)69)25-23-35-81(5,6)75-87(17,18)76-82(7,8)36-24-26-50-44-56(68)66(46(3)4)58(50)70/h27-30,41-42,45-46,49-50H,1,23-26,31-40,43-44H2,2-22H3/q-1. The summed E-state index contributed by atoms with van der Waals surface area (Å²) in [4.78, 5) is 113. The SMILES string of the molecule is [CH2-]C(C)CC[Si](C)(C)O[Si](C)(C)O[Si](C)(C)CCN1C(=O)c2ccc(-c3ccc4c(c3)C(=O)N(CC[Si](C)(C)O[Si](C)(C)O[Si](C)(C)CCN3C(=O)CC(CCC[Si](C)(C)O[Si](C)(C)O[Si](C)(C)CCCC5CC(=O)N(C(C)C)C5=O)C3=O)C4=O)cc2C1=O. The van der Waals surface area contributed by atoms with Gasteiger partial charge in [0, 0.05) is 50.4 Å². The zero-order chi connectivity index (χ0) is 67.0. The van der Waals surface area contributed by atoms with Crippen LogP contribution >= 0.6 is 0 Å². The van der Waals surface area contributed by atoms with Crippen LogP contribution < -0.4 is 0 Å². The number of carbonyl (C=O) groups excluding carboxylic acids is 8. The maximum absolute atomic E-state index is 14.1. The third-order valence-corrected chi connectivity index (χ3v) is 51.2. The smallest absolute Gasteiger partial charge is 0.311 e. The van der Waals surface area contributed by atoms with Gasteiger partial charge in [-0.05, 0) is 216 Å². The third kappa shape index (κ3) is 20.4. The second kappa shape index (κ2) is 28.3. The highest BCUT2D eigenvalue weighted by molar-refractivity contribution is 6.89. The first-order chi connectivity index (χ1) is 40.6. The Morgan fingerprint density at radius 2 is 0.730 bits per heavy atom. The van der Waals surface area contributed by atoms with Crippen LogP contribution in [0.25, 0.3) is 11.1 Å². The van der Waals surface area contributed by atoms with Crippen LogP contribution in [0.5, 0.6) is 0 Å². The van der Waals surface area contributed by atoms with E-state index in [9.17, 15) is 38.4 Å². The van der Waals surface area contributed by atoms with Gasteiger partial charge in [-0.2, -0.15) is 5.92 Å². The molecule has 2 fully saturated rings. The van der Waals surface area contributed by atoms with Gasteiger partial charge in [-0.3, -0.25) is 58.0 Å². The summed E-state index contributed by atoms with van der Waals surface area (Å²) in [6.07, 6.45) is 4.40. The number of hydrogen-bond acceptors (Lipinski definition) is 14. The molecule has 2 aromatic carbocycles. The Morgan fingerprint density at radius 1 is 0.416 bits per heavy atom. The molecule has 8 amide bonds. The minimum absolute atomic E-state index is 0.0516. The van der Waals surface area contributed by atoms with Crippen LogP contribution in [0.15, 0.2) is 36.4 Å². The van der Waals surface area contributed by atoms with Crippen molar-refractivity contribution in [1.82, 2.24) is 19.6 Å². The van der Waals surface area contributed by atoms with E-state index in [0.29, 0.717) is 77.7 Å². The molecule has 0 bridgehead atoms. The average molecular weight is 1390 g/mol. The first-order valence-electron chi connectivity index (χ1n) is 32.4. The summed E-state index contributed by atoms with van der Waals surface area (Å²) in [5.74, 6) is -2.13. The van der Waals surface area contributed by atoms with Gasteiger partial charge in [0.25, 0.3) is 23.6 Å². The number of amides is 8. The fourth-order valence-electron chi connectivity index (χ4n) is 13.7. The number of imide groups is 4. The molecule has 0 radical (unpaired) electrons. The van der Waals surface area contributed by atoms with E-state index in [0.717, 1.165) is 37.4 Å². The molecule has 6 rings (SSSR count). The van der Waals surface area contributed by atoms with Crippen molar-refractivity contribution < 1.29 is 63.0 Å². The molecule has 4 heterocycles. The monoisotopic (exact) mass is 1380 g/mol. The summed E-state index contributed by atoms with van der Waals surface area (Å²) in [6.45, 7) is 48.9. The van der Waals surface area contributed by atoms with E-state index in [1.54, 1.807) is 36.4 Å². The molecule has 0 aliphatic carbocycles. The van der Waals surface area contributed by atoms with Crippen molar-refractivity contribution >= 4 is 123 Å². The Morgan fingerprint density at radius 3 is 1.08 bits per heavy atom. The lowest BCUT2D eigenvalue weighted by Crippen LogP contribution is -2.53. The summed E-state index contributed by atoms with van der Waals surface area (Å²) in [5.41, 5.74) is 2.52. The van der Waals surface area contributed by atoms with Gasteiger partial charge < -0.3 is 31.6 Å². The number of rotatable bonds is 34. The zero-order valence-corrected chi connectivity index (χ0v) is 66.8. The van der Waals surface area contributed by atoms with Crippen molar-refractivity contribution in [2.45, 2.75) is 226 Å². The van der Waals surface area contributed by atoms with Crippen molar-refractivity contribution in [3.05, 3.63) is 65.6 Å². The lowest BCUT2D eigenvalue weighted by Gasteiger charge is -2.39. The molecule has 496 valence electrons. The number of nitrogens with zero attached hydrogens (tertiary/aromatic N) is 4. The van der Waals surface area contributed by atoms with Gasteiger partial charge in [0.05, 0.1) is 22.3 Å². The van der Waals surface area contributed by atoms with Crippen LogP contribution in [0.4, 0.5) is 0 Å². The molecule has 4 aliphatic heterocycles. The molecule has 89 heavy (non-hydrogen) atoms. The topological polar surface area (TPSA) is 205 Å². The molecule has 27 heteroatoms.